The van der Waals surface area contributed by atoms with Gasteiger partial charge in [0.25, 0.3) is 25.0 Å². The van der Waals surface area contributed by atoms with Crippen LogP contribution in [-0.2, 0) is 19.2 Å². The van der Waals surface area contributed by atoms with Crippen molar-refractivity contribution in [2.75, 3.05) is 7.11 Å². The summed E-state index contributed by atoms with van der Waals surface area (Å²) in [5.41, 5.74) is 1.10. The quantitative estimate of drug-likeness (QED) is 0.108. The molecule has 0 aromatic heterocycles. The molecule has 0 amide bonds. The van der Waals surface area contributed by atoms with E-state index in [0.29, 0.717) is 0 Å². The summed E-state index contributed by atoms with van der Waals surface area (Å²) in [4.78, 5) is 34.7. The Hall–Kier alpha value is -7.00. The second-order valence-corrected chi connectivity index (χ2v) is 26.2. The summed E-state index contributed by atoms with van der Waals surface area (Å²) < 4.78 is 8.02. The van der Waals surface area contributed by atoms with Gasteiger partial charge in [0.15, 0.2) is 0 Å². The van der Waals surface area contributed by atoms with E-state index in [1.165, 1.54) is 0 Å². The predicted molar refractivity (Wildman–Crippen MR) is 295 cm³/mol. The number of benzene rings is 10. The van der Waals surface area contributed by atoms with E-state index in [2.05, 4.69) is 4.20 Å². The molecule has 10 rings (SSSR count). The second kappa shape index (κ2) is 25.6. The van der Waals surface area contributed by atoms with Gasteiger partial charge in [0.1, 0.15) is 0 Å². The summed E-state index contributed by atoms with van der Waals surface area (Å²) in [6.45, 7) is 0. The fourth-order valence-electron chi connectivity index (χ4n) is 8.27. The smallest absolute Gasteiger partial charge is 0.285 e. The predicted octanol–water partition coefficient (Wildman–Crippen LogP) is 6.49. The minimum Gasteiger partial charge on any atom is -0.421 e. The Morgan fingerprint density at radius 2 is 0.429 bits per heavy atom. The average molecular weight is 1040 g/mol. The Bertz CT molecular complexity index is 2500. The van der Waals surface area contributed by atoms with Crippen LogP contribution in [0.2, 0.25) is 0 Å². The molecule has 0 fully saturated rings. The number of hydrogen-bond donors (Lipinski definition) is 3. The fraction of sp³-hybridized carbons (Fsp3) is 0.0161. The maximum atomic E-state index is 11.6. The standard InChI is InChI=1S/3C18H16OSi.C8H7O.Mo/c3*19-20(16-10-4-1-5-11-16,17-12-6-2-7-13-17)18-14-8-3-9-15-18;1-7-3-5-8(9-2)6-4-7;/h3*1-15,19H;3-6H,2H3;. The monoisotopic (exact) mass is 1050 g/mol. The molecule has 10 aromatic carbocycles. The van der Waals surface area contributed by atoms with Crippen molar-refractivity contribution in [3.63, 3.8) is 0 Å². The third-order valence-electron chi connectivity index (χ3n) is 11.9. The van der Waals surface area contributed by atoms with Gasteiger partial charge in [0, 0.05) is 0 Å². The summed E-state index contributed by atoms with van der Waals surface area (Å²) in [5.74, 6) is 0.889. The molecule has 0 spiro atoms. The van der Waals surface area contributed by atoms with E-state index in [1.807, 2.05) is 316 Å². The molecule has 3 N–H and O–H groups in total. The Labute approximate surface area is 426 Å². The minimum absolute atomic E-state index is 0.889. The van der Waals surface area contributed by atoms with Crippen LogP contribution in [-0.4, -0.2) is 46.4 Å². The average Bonchev–Trinajstić information content (AvgIpc) is 3.47. The zero-order valence-corrected chi connectivity index (χ0v) is 44.0. The van der Waals surface area contributed by atoms with Crippen molar-refractivity contribution in [2.45, 2.75) is 0 Å². The third-order valence-corrected chi connectivity index (χ3v) is 23.0. The van der Waals surface area contributed by atoms with Gasteiger partial charge in [-0.15, -0.1) is 0 Å². The van der Waals surface area contributed by atoms with Gasteiger partial charge in [0.05, 0.1) is 0 Å². The van der Waals surface area contributed by atoms with Crippen LogP contribution in [0.25, 0.3) is 0 Å². The molecule has 0 radical (unpaired) electrons. The molecule has 0 aliphatic heterocycles. The van der Waals surface area contributed by atoms with Crippen molar-refractivity contribution in [3.05, 3.63) is 303 Å². The summed E-state index contributed by atoms with van der Waals surface area (Å²) in [7, 11) is -6.97. The Morgan fingerprint density at radius 3 is 0.557 bits per heavy atom. The number of hydrogen-bond acceptors (Lipinski definition) is 4. The van der Waals surface area contributed by atoms with Crippen LogP contribution in [0.5, 0.6) is 5.75 Å². The zero-order chi connectivity index (χ0) is 48.9. The van der Waals surface area contributed by atoms with Crippen LogP contribution in [0.4, 0.5) is 0 Å². The van der Waals surface area contributed by atoms with E-state index in [1.54, 1.807) is 7.11 Å². The summed E-state index contributed by atoms with van der Waals surface area (Å²) in [5, 5.41) is 9.10. The maximum absolute atomic E-state index is 11.6. The summed E-state index contributed by atoms with van der Waals surface area (Å²) in [6.07, 6.45) is 0. The molecule has 0 aliphatic carbocycles. The molecular formula is C62H55MoO4Si3. The third kappa shape index (κ3) is 12.4. The topological polar surface area (TPSA) is 69.9 Å². The first-order chi connectivity index (χ1) is 34.3. The molecule has 0 aliphatic rings. The first-order valence-corrected chi connectivity index (χ1v) is 29.8. The van der Waals surface area contributed by atoms with Crippen LogP contribution in [0.1, 0.15) is 5.56 Å². The summed E-state index contributed by atoms with van der Waals surface area (Å²) in [6, 6.07) is 97.7. The molecular weight excluding hydrogens is 989 g/mol. The molecule has 8 heteroatoms. The van der Waals surface area contributed by atoms with Crippen molar-refractivity contribution in [2.24, 2.45) is 0 Å². The van der Waals surface area contributed by atoms with Gasteiger partial charge in [0.2, 0.25) is 0 Å². The molecule has 0 unspecified atom stereocenters. The molecule has 10 aromatic rings. The van der Waals surface area contributed by atoms with Crippen molar-refractivity contribution in [1.82, 2.24) is 0 Å². The molecule has 0 saturated carbocycles. The van der Waals surface area contributed by atoms with E-state index in [4.69, 9.17) is 4.74 Å². The van der Waals surface area contributed by atoms with Crippen LogP contribution in [0.3, 0.4) is 0 Å². The van der Waals surface area contributed by atoms with Crippen molar-refractivity contribution >= 4 is 71.6 Å². The van der Waals surface area contributed by atoms with Gasteiger partial charge in [-0.05, 0) is 46.7 Å². The molecule has 0 bridgehead atoms. The van der Waals surface area contributed by atoms with E-state index >= 15 is 0 Å². The number of ether oxygens (including phenoxy) is 1. The van der Waals surface area contributed by atoms with Crippen LogP contribution in [0, 0.1) is 4.20 Å². The van der Waals surface area contributed by atoms with Gasteiger partial charge in [-0.1, -0.05) is 273 Å². The van der Waals surface area contributed by atoms with E-state index in [-0.39, 0.29) is 0 Å². The molecule has 345 valence electrons. The van der Waals surface area contributed by atoms with E-state index in [0.717, 1.165) is 58.0 Å². The van der Waals surface area contributed by atoms with Gasteiger partial charge >= 0.3 is 70.8 Å². The zero-order valence-electron chi connectivity index (χ0n) is 38.9. The van der Waals surface area contributed by atoms with Gasteiger partial charge < -0.3 is 14.4 Å². The Kier molecular flexibility index (Phi) is 18.6. The van der Waals surface area contributed by atoms with Crippen LogP contribution < -0.4 is 51.4 Å². The first-order valence-electron chi connectivity index (χ1n) is 23.0. The second-order valence-electron chi connectivity index (χ2n) is 16.3. The van der Waals surface area contributed by atoms with Crippen molar-refractivity contribution in [3.8, 4) is 9.95 Å². The Morgan fingerprint density at radius 1 is 0.271 bits per heavy atom. The maximum Gasteiger partial charge on any atom is 0.285 e. The molecule has 70 heavy (non-hydrogen) atoms. The fourth-order valence-corrected chi connectivity index (χ4v) is 17.7. The SMILES string of the molecule is COc1ccc([C]#[Mo])cc1.O[Si](c1ccccc1)(c1ccccc1)c1ccccc1.O[Si](c1ccccc1)(c1ccccc1)c1ccccc1.O[Si](c1ccccc1)(c1ccccc1)c1ccccc1. The number of methoxy groups -OCH3 is 1. The molecule has 0 heterocycles. The van der Waals surface area contributed by atoms with Crippen LogP contribution in [0.15, 0.2) is 297 Å². The van der Waals surface area contributed by atoms with E-state index in [9.17, 15) is 14.4 Å². The van der Waals surface area contributed by atoms with Gasteiger partial charge in [-0.25, -0.2) is 0 Å². The minimum atomic E-state index is -2.88. The van der Waals surface area contributed by atoms with Gasteiger partial charge in [-0.3, -0.25) is 0 Å². The van der Waals surface area contributed by atoms with Crippen molar-refractivity contribution < 1.29 is 38.3 Å². The largest absolute Gasteiger partial charge is 0.421 e. The molecule has 0 saturated heterocycles. The molecule has 0 atom stereocenters. The van der Waals surface area contributed by atoms with Crippen LogP contribution >= 0.6 is 0 Å². The number of rotatable bonds is 10. The van der Waals surface area contributed by atoms with E-state index < -0.39 is 25.0 Å². The Balaban J connectivity index is 0.000000141. The van der Waals surface area contributed by atoms with Gasteiger partial charge in [-0.2, -0.15) is 0 Å². The normalized spacial score (nSPS) is 10.8. The van der Waals surface area contributed by atoms with Crippen molar-refractivity contribution in [1.29, 1.82) is 0 Å². The summed E-state index contributed by atoms with van der Waals surface area (Å²) >= 11 is 1.83. The molecule has 4 nitrogen and oxygen atoms in total. The first kappa shape index (κ1) is 50.9.